The normalized spacial score (nSPS) is 35.9. The molecule has 14 N–H and O–H groups in total. The lowest BCUT2D eigenvalue weighted by Gasteiger charge is -2.45. The fourth-order valence-corrected chi connectivity index (χ4v) is 4.76. The number of unbranched alkanes of at least 4 members (excludes halogenated alkanes) is 1. The van der Waals surface area contributed by atoms with Crippen molar-refractivity contribution >= 4 is 5.91 Å². The molecule has 39 heavy (non-hydrogen) atoms. The Labute approximate surface area is 224 Å². The van der Waals surface area contributed by atoms with Crippen molar-refractivity contribution in [2.45, 2.75) is 106 Å². The maximum absolute atomic E-state index is 12.5. The minimum absolute atomic E-state index is 0.161. The number of aromatic nitrogens is 2. The number of aromatic amines is 1. The zero-order valence-electron chi connectivity index (χ0n) is 21.8. The van der Waals surface area contributed by atoms with Crippen molar-refractivity contribution in [3.8, 4) is 0 Å². The predicted octanol–water partition coefficient (Wildman–Crippen LogP) is -5.60. The Bertz CT molecular complexity index is 1080. The summed E-state index contributed by atoms with van der Waals surface area (Å²) < 4.78 is 12.8. The molecule has 1 saturated heterocycles. The average Bonchev–Trinajstić information content (AvgIpc) is 2.89. The maximum Gasteiger partial charge on any atom is 0.328 e. The van der Waals surface area contributed by atoms with Gasteiger partial charge < -0.3 is 62.7 Å². The highest BCUT2D eigenvalue weighted by atomic mass is 16.7. The third kappa shape index (κ3) is 7.49. The van der Waals surface area contributed by atoms with Crippen LogP contribution in [-0.2, 0) is 20.8 Å². The average molecular weight is 560 g/mol. The number of carbonyl (C=O) groups excluding carboxylic acids is 1. The van der Waals surface area contributed by atoms with E-state index in [-0.39, 0.29) is 13.0 Å². The summed E-state index contributed by atoms with van der Waals surface area (Å²) in [5.41, 5.74) is 23.2. The van der Waals surface area contributed by atoms with Gasteiger partial charge in [-0.25, -0.2) is 4.79 Å². The number of carbonyl (C=O) groups is 1. The molecular formula is C23H41N7O9. The Morgan fingerprint density at radius 3 is 2.51 bits per heavy atom. The Balaban J connectivity index is 1.48. The Morgan fingerprint density at radius 2 is 1.82 bits per heavy atom. The zero-order valence-corrected chi connectivity index (χ0v) is 21.8. The molecule has 0 bridgehead atoms. The van der Waals surface area contributed by atoms with Crippen molar-refractivity contribution in [2.24, 2.45) is 22.9 Å². The maximum atomic E-state index is 12.5. The van der Waals surface area contributed by atoms with Crippen LogP contribution in [0.25, 0.3) is 0 Å². The summed E-state index contributed by atoms with van der Waals surface area (Å²) in [4.78, 5) is 38.0. The van der Waals surface area contributed by atoms with E-state index in [1.807, 2.05) is 0 Å². The molecule has 0 spiro atoms. The van der Waals surface area contributed by atoms with Crippen LogP contribution in [0.2, 0.25) is 0 Å². The van der Waals surface area contributed by atoms with Gasteiger partial charge in [-0.3, -0.25) is 14.6 Å². The zero-order chi connectivity index (χ0) is 29.0. The molecule has 1 aliphatic heterocycles. The number of nitrogens with two attached hydrogens (primary N) is 4. The summed E-state index contributed by atoms with van der Waals surface area (Å²) in [6, 6.07) is -3.59. The van der Waals surface area contributed by atoms with E-state index in [1.165, 1.54) is 10.8 Å². The van der Waals surface area contributed by atoms with E-state index < -0.39 is 84.2 Å². The van der Waals surface area contributed by atoms with Gasteiger partial charge in [-0.15, -0.1) is 0 Å². The van der Waals surface area contributed by atoms with E-state index in [0.717, 1.165) is 0 Å². The molecular weight excluding hydrogens is 518 g/mol. The molecule has 11 atom stereocenters. The van der Waals surface area contributed by atoms with Gasteiger partial charge in [0.1, 0.15) is 30.5 Å². The van der Waals surface area contributed by atoms with Crippen LogP contribution < -0.4 is 39.5 Å². The highest BCUT2D eigenvalue weighted by Gasteiger charge is 2.48. The predicted molar refractivity (Wildman–Crippen MR) is 137 cm³/mol. The molecule has 222 valence electrons. The van der Waals surface area contributed by atoms with E-state index in [2.05, 4.69) is 10.3 Å². The second-order valence-electron chi connectivity index (χ2n) is 10.4. The summed E-state index contributed by atoms with van der Waals surface area (Å²) in [7, 11) is 0. The fraction of sp³-hybridized carbons (Fsp3) is 0.783. The molecule has 0 radical (unpaired) electrons. The SMILES string of the molecule is Cc1cn(CCCCC(N)C(=O)NC[C@H]2O[C@H](O[C@H]3[C@H](O)[C@@H](O)[C@H](N)C[C@@H]3N)[C@H](N)[C@@H](O)[C@@H]2O)c(=O)[nH]c1=O. The number of ether oxygens (including phenoxy) is 2. The van der Waals surface area contributed by atoms with Gasteiger partial charge in [-0.2, -0.15) is 0 Å². The topological polar surface area (TPSA) is 287 Å². The van der Waals surface area contributed by atoms with Crippen molar-refractivity contribution in [2.75, 3.05) is 6.54 Å². The first-order valence-corrected chi connectivity index (χ1v) is 12.9. The molecule has 1 aliphatic carbocycles. The summed E-state index contributed by atoms with van der Waals surface area (Å²) in [6.45, 7) is 1.71. The van der Waals surface area contributed by atoms with Gasteiger partial charge in [-0.05, 0) is 32.6 Å². The number of hydrogen-bond acceptors (Lipinski definition) is 13. The quantitative estimate of drug-likeness (QED) is 0.120. The van der Waals surface area contributed by atoms with Crippen LogP contribution in [0, 0.1) is 6.92 Å². The lowest BCUT2D eigenvalue weighted by Crippen LogP contribution is -2.67. The van der Waals surface area contributed by atoms with Gasteiger partial charge in [0, 0.05) is 36.9 Å². The second kappa shape index (κ2) is 13.4. The molecule has 3 rings (SSSR count). The number of aliphatic hydroxyl groups is 4. The van der Waals surface area contributed by atoms with Gasteiger partial charge in [0.15, 0.2) is 6.29 Å². The highest BCUT2D eigenvalue weighted by Crippen LogP contribution is 2.27. The molecule has 1 aromatic rings. The van der Waals surface area contributed by atoms with Gasteiger partial charge in [0.2, 0.25) is 5.91 Å². The number of hydrogen-bond donors (Lipinski definition) is 10. The molecule has 0 aromatic carbocycles. The van der Waals surface area contributed by atoms with Crippen LogP contribution in [0.3, 0.4) is 0 Å². The molecule has 1 unspecified atom stereocenters. The van der Waals surface area contributed by atoms with E-state index >= 15 is 0 Å². The van der Waals surface area contributed by atoms with Crippen LogP contribution in [0.15, 0.2) is 15.8 Å². The molecule has 2 heterocycles. The number of aryl methyl sites for hydroxylation is 2. The largest absolute Gasteiger partial charge is 0.389 e. The fourth-order valence-electron chi connectivity index (χ4n) is 4.76. The monoisotopic (exact) mass is 559 g/mol. The van der Waals surface area contributed by atoms with Gasteiger partial charge in [-0.1, -0.05) is 0 Å². The highest BCUT2D eigenvalue weighted by molar-refractivity contribution is 5.81. The van der Waals surface area contributed by atoms with Crippen LogP contribution >= 0.6 is 0 Å². The molecule has 1 saturated carbocycles. The first-order valence-electron chi connectivity index (χ1n) is 12.9. The lowest BCUT2D eigenvalue weighted by molar-refractivity contribution is -0.288. The van der Waals surface area contributed by atoms with Gasteiger partial charge >= 0.3 is 5.69 Å². The van der Waals surface area contributed by atoms with Crippen LogP contribution in [0.5, 0.6) is 0 Å². The van der Waals surface area contributed by atoms with Crippen LogP contribution in [-0.4, -0.2) is 110 Å². The summed E-state index contributed by atoms with van der Waals surface area (Å²) in [5.74, 6) is -0.522. The van der Waals surface area contributed by atoms with Crippen LogP contribution in [0.4, 0.5) is 0 Å². The molecule has 16 heteroatoms. The molecule has 1 aromatic heterocycles. The molecule has 16 nitrogen and oxygen atoms in total. The Hall–Kier alpha value is -2.25. The lowest BCUT2D eigenvalue weighted by atomic mass is 9.84. The second-order valence-corrected chi connectivity index (χ2v) is 10.4. The summed E-state index contributed by atoms with van der Waals surface area (Å²) >= 11 is 0. The van der Waals surface area contributed by atoms with E-state index in [4.69, 9.17) is 32.4 Å². The minimum atomic E-state index is -1.48. The van der Waals surface area contributed by atoms with Crippen molar-refractivity contribution in [1.82, 2.24) is 14.9 Å². The molecule has 2 aliphatic rings. The smallest absolute Gasteiger partial charge is 0.328 e. The number of aliphatic hydroxyl groups excluding tert-OH is 4. The van der Waals surface area contributed by atoms with Crippen molar-refractivity contribution in [3.05, 3.63) is 32.6 Å². The number of H-pyrrole nitrogens is 1. The van der Waals surface area contributed by atoms with E-state index in [0.29, 0.717) is 31.4 Å². The Morgan fingerprint density at radius 1 is 1.13 bits per heavy atom. The summed E-state index contributed by atoms with van der Waals surface area (Å²) in [5, 5.41) is 43.9. The van der Waals surface area contributed by atoms with Crippen molar-refractivity contribution < 1.29 is 34.7 Å². The third-order valence-electron chi connectivity index (χ3n) is 7.30. The number of nitrogens with one attached hydrogen (secondary N) is 2. The first kappa shape index (κ1) is 31.3. The summed E-state index contributed by atoms with van der Waals surface area (Å²) in [6.07, 6.45) is -6.20. The third-order valence-corrected chi connectivity index (χ3v) is 7.30. The standard InChI is InChI=1S/C23H41N7O9/c1-9-8-30(23(37)29-20(9)35)5-3-2-4-10(24)21(36)28-7-13-16(32)17(33)14(27)22(38-13)39-19-12(26)6-11(25)15(31)18(19)34/h8,10-19,22,31-34H,2-7,24-27H2,1H3,(H,28,36)(H,29,35,37)/t10?,11-,12+,13-,14-,15+,16-,17-,18-,19-,22-/m1/s1. The number of nitrogens with zero attached hydrogens (tertiary/aromatic N) is 1. The van der Waals surface area contributed by atoms with Crippen LogP contribution in [0.1, 0.15) is 31.2 Å². The number of rotatable bonds is 10. The number of amides is 1. The van der Waals surface area contributed by atoms with Crippen molar-refractivity contribution in [3.63, 3.8) is 0 Å². The first-order chi connectivity index (χ1) is 18.3. The molecule has 1 amide bonds. The van der Waals surface area contributed by atoms with E-state index in [9.17, 15) is 34.8 Å². The van der Waals surface area contributed by atoms with E-state index in [1.54, 1.807) is 6.92 Å². The minimum Gasteiger partial charge on any atom is -0.389 e. The molecule has 2 fully saturated rings. The van der Waals surface area contributed by atoms with Gasteiger partial charge in [0.25, 0.3) is 5.56 Å². The Kier molecular flexibility index (Phi) is 10.8. The van der Waals surface area contributed by atoms with Gasteiger partial charge in [0.05, 0.1) is 18.2 Å². The van der Waals surface area contributed by atoms with Crippen molar-refractivity contribution in [1.29, 1.82) is 0 Å².